The number of fused-ring (bicyclic) bond motifs is 1. The summed E-state index contributed by atoms with van der Waals surface area (Å²) in [5.74, 6) is 2.18. The predicted molar refractivity (Wildman–Crippen MR) is 372 cm³/mol. The molecule has 1 aromatic rings. The van der Waals surface area contributed by atoms with Crippen molar-refractivity contribution in [1.29, 1.82) is 0 Å². The van der Waals surface area contributed by atoms with Gasteiger partial charge < -0.3 is 44.6 Å². The highest BCUT2D eigenvalue weighted by atomic mass is 19.1. The standard InChI is InChI=1S/C55H94FN7O7.C21H33FO/c1-9-17-67-49(34-69-47-21-41(11-3)22-48(25-47)70-35-50-32-60(16-18-68-50)31-46-27-58-37(4)28-61(46)30-39(6)64)23-40(10-2)20-45-26-57-38(5)29-62(45)33-52(65)63-36-55(7,8)53-51(63)24-43(54(66)59-53)19-42-12-14-44(56)15-13-42;1-6-17-13-21(4,5)14(2)20(17)12-18(15(3)23)11-16-7-9-19(22)10-8-16/h11,24,37-38,40,42,44-50,52,57-58,65H,9-10,12-23,25-36H2,1-8H3,(H,59,66);12,16-17,19H,6-11,13H2,1-5H3/b41-11+;18-12-/t37-,38-,40?,42?,44?,45+,46?,47?,48?,49+,50+,52?;/m1./s1. The van der Waals surface area contributed by atoms with E-state index >= 15 is 0 Å². The lowest BCUT2D eigenvalue weighted by Gasteiger charge is -2.43. The zero-order valence-electron chi connectivity index (χ0n) is 60.1. The molecule has 93 heavy (non-hydrogen) atoms. The minimum atomic E-state index is -0.739. The Hall–Kier alpha value is -3.23. The number of aliphatic hydroxyl groups is 1. The molecule has 17 heteroatoms. The number of ether oxygens (including phenoxy) is 4. The number of hydrogen-bond donors (Lipinski definition) is 4. The van der Waals surface area contributed by atoms with Gasteiger partial charge in [0.2, 0.25) is 0 Å². The van der Waals surface area contributed by atoms with Crippen molar-refractivity contribution in [3.05, 3.63) is 62.1 Å². The van der Waals surface area contributed by atoms with Crippen LogP contribution < -0.4 is 21.1 Å². The van der Waals surface area contributed by atoms with E-state index in [1.807, 2.05) is 6.07 Å². The summed E-state index contributed by atoms with van der Waals surface area (Å²) in [6.45, 7) is 38.0. The predicted octanol–water partition coefficient (Wildman–Crippen LogP) is 12.2. The third kappa shape index (κ3) is 21.9. The maximum Gasteiger partial charge on any atom is 0.251 e. The lowest BCUT2D eigenvalue weighted by atomic mass is 9.82. The van der Waals surface area contributed by atoms with E-state index in [1.54, 1.807) is 13.8 Å². The lowest BCUT2D eigenvalue weighted by molar-refractivity contribution is -0.120. The van der Waals surface area contributed by atoms with E-state index in [2.05, 4.69) is 124 Å². The van der Waals surface area contributed by atoms with Crippen molar-refractivity contribution in [1.82, 2.24) is 30.3 Å². The number of H-pyrrole nitrogens is 1. The van der Waals surface area contributed by atoms with E-state index in [0.717, 1.165) is 152 Å². The molecule has 15 nitrogen and oxygen atoms in total. The Morgan fingerprint density at radius 1 is 0.871 bits per heavy atom. The molecule has 528 valence electrons. The van der Waals surface area contributed by atoms with Crippen LogP contribution in [0.3, 0.4) is 0 Å². The molecule has 4 aliphatic heterocycles. The molecule has 8 aliphatic rings. The summed E-state index contributed by atoms with van der Waals surface area (Å²) in [7, 11) is 0. The highest BCUT2D eigenvalue weighted by Crippen LogP contribution is 2.48. The summed E-state index contributed by atoms with van der Waals surface area (Å²) < 4.78 is 53.6. The van der Waals surface area contributed by atoms with Crippen molar-refractivity contribution in [2.24, 2.45) is 29.1 Å². The number of β-amino-alcohol motifs (C(OH)–C–C–N with tert-alkyl or cyclic N) is 1. The van der Waals surface area contributed by atoms with Crippen molar-refractivity contribution in [3.63, 3.8) is 0 Å². The number of ketones is 2. The first-order valence-corrected chi connectivity index (χ1v) is 37.0. The lowest BCUT2D eigenvalue weighted by Crippen LogP contribution is -2.61. The van der Waals surface area contributed by atoms with Crippen LogP contribution in [0.25, 0.3) is 0 Å². The second-order valence-electron chi connectivity index (χ2n) is 31.5. The molecule has 5 heterocycles. The molecular weight excluding hydrogens is 1180 g/mol. The Labute approximate surface area is 560 Å². The molecule has 0 bridgehead atoms. The average molecular weight is 1300 g/mol. The van der Waals surface area contributed by atoms with Crippen LogP contribution in [-0.2, 0) is 40.4 Å². The van der Waals surface area contributed by atoms with Crippen LogP contribution in [-0.4, -0.2) is 195 Å². The first kappa shape index (κ1) is 75.5. The van der Waals surface area contributed by atoms with Crippen molar-refractivity contribution in [3.8, 4) is 0 Å². The Kier molecular flexibility index (Phi) is 28.8. The summed E-state index contributed by atoms with van der Waals surface area (Å²) in [6.07, 6.45) is 18.8. The molecule has 3 saturated heterocycles. The molecule has 6 unspecified atom stereocenters. The fraction of sp³-hybridized carbons (Fsp3) is 0.829. The van der Waals surface area contributed by atoms with Crippen LogP contribution in [0.1, 0.15) is 217 Å². The Balaban J connectivity index is 0.000000405. The van der Waals surface area contributed by atoms with Gasteiger partial charge in [0.1, 0.15) is 24.4 Å². The third-order valence-electron chi connectivity index (χ3n) is 22.8. The van der Waals surface area contributed by atoms with Crippen LogP contribution in [0.5, 0.6) is 0 Å². The maximum atomic E-state index is 13.9. The maximum absolute atomic E-state index is 13.9. The molecule has 0 amide bonds. The Morgan fingerprint density at radius 3 is 2.16 bits per heavy atom. The van der Waals surface area contributed by atoms with Gasteiger partial charge in [-0.15, -0.1) is 0 Å². The molecule has 3 saturated carbocycles. The quantitative estimate of drug-likeness (QED) is 0.0463. The summed E-state index contributed by atoms with van der Waals surface area (Å²) in [6, 6.07) is 3.27. The van der Waals surface area contributed by atoms with E-state index in [0.29, 0.717) is 120 Å². The van der Waals surface area contributed by atoms with Gasteiger partial charge in [-0.25, -0.2) is 8.78 Å². The number of aromatic nitrogens is 1. The van der Waals surface area contributed by atoms with Crippen molar-refractivity contribution in [2.45, 2.75) is 285 Å². The van der Waals surface area contributed by atoms with E-state index in [9.17, 15) is 28.3 Å². The second-order valence-corrected chi connectivity index (χ2v) is 31.5. The number of morpholine rings is 1. The zero-order chi connectivity index (χ0) is 67.1. The molecule has 11 atom stereocenters. The molecule has 1 aromatic heterocycles. The smallest absolute Gasteiger partial charge is 0.251 e. The molecule has 4 aliphatic carbocycles. The molecule has 0 spiro atoms. The SMILES string of the molecule is C/C=C1\CC(OC[C@H](CC(CC)C[C@H]2CN[C@H](C)CN2CC(O)N2CC(C)(C)c3[nH]c(=O)c(CC4CCC(F)CC4)cc32)OCCC)CC(OC[C@@H]2CN(CC3CN[C@H](C)CN3CC(C)=O)CCO2)C1.CCC1CC(C)(C)C(C)=C1/C=C(/CC1CCC(F)CC1)C(C)=O. The molecular formula is C76H127F2N7O8. The van der Waals surface area contributed by atoms with Gasteiger partial charge in [0.05, 0.1) is 56.5 Å². The van der Waals surface area contributed by atoms with E-state index in [4.69, 9.17) is 18.9 Å². The number of anilines is 1. The fourth-order valence-electron chi connectivity index (χ4n) is 16.8. The van der Waals surface area contributed by atoms with Gasteiger partial charge in [0.25, 0.3) is 5.56 Å². The van der Waals surface area contributed by atoms with Gasteiger partial charge in [-0.1, -0.05) is 78.2 Å². The van der Waals surface area contributed by atoms with Crippen LogP contribution >= 0.6 is 0 Å². The minimum absolute atomic E-state index is 0.00911. The summed E-state index contributed by atoms with van der Waals surface area (Å²) in [5.41, 5.74) is 7.59. The van der Waals surface area contributed by atoms with Gasteiger partial charge in [0.15, 0.2) is 5.78 Å². The largest absolute Gasteiger partial charge is 0.376 e. The number of piperazine rings is 2. The fourth-order valence-corrected chi connectivity index (χ4v) is 16.8. The van der Waals surface area contributed by atoms with E-state index in [-0.39, 0.29) is 58.4 Å². The highest BCUT2D eigenvalue weighted by molar-refractivity contribution is 5.93. The van der Waals surface area contributed by atoms with Gasteiger partial charge in [-0.2, -0.15) is 0 Å². The van der Waals surface area contributed by atoms with Crippen molar-refractivity contribution < 1.29 is 42.4 Å². The number of aliphatic hydroxyl groups excluding tert-OH is 1. The van der Waals surface area contributed by atoms with Gasteiger partial charge >= 0.3 is 0 Å². The number of pyridine rings is 1. The second kappa shape index (κ2) is 35.5. The number of alkyl halides is 2. The minimum Gasteiger partial charge on any atom is -0.376 e. The Bertz CT molecular complexity index is 2680. The van der Waals surface area contributed by atoms with Crippen molar-refractivity contribution in [2.75, 3.05) is 96.8 Å². The first-order valence-electron chi connectivity index (χ1n) is 37.0. The van der Waals surface area contributed by atoms with Crippen molar-refractivity contribution >= 4 is 17.3 Å². The van der Waals surface area contributed by atoms with Crippen LogP contribution in [0.4, 0.5) is 14.5 Å². The number of carbonyl (C=O) groups is 2. The number of Topliss-reactive ketones (excluding diaryl/α,β-unsaturated/α-hetero) is 2. The molecule has 4 N–H and O–H groups in total. The molecule has 0 aromatic carbocycles. The van der Waals surface area contributed by atoms with Gasteiger partial charge in [-0.05, 0) is 197 Å². The third-order valence-corrected chi connectivity index (χ3v) is 22.8. The molecule has 6 fully saturated rings. The topological polar surface area (TPSA) is 161 Å². The highest BCUT2D eigenvalue weighted by Gasteiger charge is 2.42. The molecule has 9 rings (SSSR count). The van der Waals surface area contributed by atoms with Gasteiger partial charge in [0, 0.05) is 113 Å². The number of rotatable bonds is 28. The zero-order valence-corrected chi connectivity index (χ0v) is 60.1. The van der Waals surface area contributed by atoms with Crippen LogP contribution in [0, 0.1) is 29.1 Å². The molecule has 0 radical (unpaired) electrons. The van der Waals surface area contributed by atoms with E-state index < -0.39 is 18.6 Å². The number of nitrogens with zero attached hydrogens (tertiary/aromatic N) is 4. The number of halogens is 2. The summed E-state index contributed by atoms with van der Waals surface area (Å²) >= 11 is 0. The number of allylic oxidation sites excluding steroid dienone is 5. The summed E-state index contributed by atoms with van der Waals surface area (Å²) in [4.78, 5) is 50.3. The van der Waals surface area contributed by atoms with Crippen LogP contribution in [0.2, 0.25) is 0 Å². The number of nitrogens with one attached hydrogen (secondary N) is 3. The van der Waals surface area contributed by atoms with Gasteiger partial charge in [-0.3, -0.25) is 29.1 Å². The first-order chi connectivity index (χ1) is 44.3. The average Bonchev–Trinajstić information content (AvgIpc) is 1.62. The monoisotopic (exact) mass is 1300 g/mol. The number of carbonyl (C=O) groups excluding carboxylic acids is 2. The van der Waals surface area contributed by atoms with Crippen LogP contribution in [0.15, 0.2) is 45.3 Å². The van der Waals surface area contributed by atoms with E-state index in [1.165, 1.54) is 23.1 Å². The normalized spacial score (nSPS) is 32.1. The number of aromatic amines is 1. The summed E-state index contributed by atoms with van der Waals surface area (Å²) in [5, 5.41) is 19.5. The number of hydrogen-bond acceptors (Lipinski definition) is 14. The Morgan fingerprint density at radius 2 is 1.53 bits per heavy atom.